The highest BCUT2D eigenvalue weighted by molar-refractivity contribution is 5.88. The predicted octanol–water partition coefficient (Wildman–Crippen LogP) is 6.26. The summed E-state index contributed by atoms with van der Waals surface area (Å²) in [5.41, 5.74) is 4.48. The summed E-state index contributed by atoms with van der Waals surface area (Å²) in [7, 11) is 5.20. The molecule has 1 saturated heterocycles. The van der Waals surface area contributed by atoms with E-state index >= 15 is 4.39 Å². The first-order valence-corrected chi connectivity index (χ1v) is 14.8. The molecule has 0 spiro atoms. The quantitative estimate of drug-likeness (QED) is 0.235. The van der Waals surface area contributed by atoms with E-state index in [1.807, 2.05) is 37.8 Å². The lowest BCUT2D eigenvalue weighted by atomic mass is 10.1. The number of methoxy groups -OCH3 is 2. The minimum absolute atomic E-state index is 0.0635. The van der Waals surface area contributed by atoms with Crippen LogP contribution >= 0.6 is 0 Å². The molecule has 1 aliphatic rings. The number of halogens is 1. The van der Waals surface area contributed by atoms with Gasteiger partial charge in [0.1, 0.15) is 28.9 Å². The van der Waals surface area contributed by atoms with Crippen LogP contribution in [0.1, 0.15) is 22.3 Å². The number of nitrogens with zero attached hydrogens (tertiary/aromatic N) is 5. The number of piperazine rings is 1. The molecular formula is C34H39FN6O4. The van der Waals surface area contributed by atoms with Gasteiger partial charge in [0.15, 0.2) is 0 Å². The molecule has 1 N–H and O–H groups in total. The average molecular weight is 615 g/mol. The molecule has 0 saturated carbocycles. The molecule has 1 aliphatic heterocycles. The number of amides is 1. The lowest BCUT2D eigenvalue weighted by Crippen LogP contribution is -2.44. The average Bonchev–Trinajstić information content (AvgIpc) is 3.02. The first-order valence-electron chi connectivity index (χ1n) is 14.8. The second-order valence-electron chi connectivity index (χ2n) is 11.2. The van der Waals surface area contributed by atoms with Gasteiger partial charge in [0.25, 0.3) is 0 Å². The monoisotopic (exact) mass is 614 g/mol. The molecule has 45 heavy (non-hydrogen) atoms. The fraction of sp³-hybridized carbons (Fsp3) is 0.324. The van der Waals surface area contributed by atoms with Gasteiger partial charge in [0, 0.05) is 43.6 Å². The summed E-state index contributed by atoms with van der Waals surface area (Å²) in [6.07, 6.45) is 0.896. The first-order chi connectivity index (χ1) is 21.6. The maximum absolute atomic E-state index is 15.2. The van der Waals surface area contributed by atoms with Crippen molar-refractivity contribution in [1.82, 2.24) is 14.9 Å². The van der Waals surface area contributed by atoms with Crippen LogP contribution in [-0.4, -0.2) is 68.4 Å². The summed E-state index contributed by atoms with van der Waals surface area (Å²) in [6, 6.07) is 15.9. The Balaban J connectivity index is 1.44. The van der Waals surface area contributed by atoms with Gasteiger partial charge < -0.3 is 29.3 Å². The van der Waals surface area contributed by atoms with Crippen molar-refractivity contribution in [3.05, 3.63) is 88.9 Å². The van der Waals surface area contributed by atoms with Gasteiger partial charge in [-0.15, -0.1) is 0 Å². The Morgan fingerprint density at radius 1 is 0.956 bits per heavy atom. The van der Waals surface area contributed by atoms with E-state index in [1.54, 1.807) is 50.6 Å². The van der Waals surface area contributed by atoms with Gasteiger partial charge in [0.2, 0.25) is 5.95 Å². The van der Waals surface area contributed by atoms with Crippen molar-refractivity contribution < 1.29 is 23.4 Å². The lowest BCUT2D eigenvalue weighted by Gasteiger charge is -2.34. The van der Waals surface area contributed by atoms with E-state index in [0.29, 0.717) is 34.2 Å². The number of ether oxygens (including phenoxy) is 3. The molecule has 0 atom stereocenters. The van der Waals surface area contributed by atoms with Crippen LogP contribution in [0.15, 0.2) is 60.8 Å². The zero-order valence-electron chi connectivity index (χ0n) is 26.6. The molecule has 0 radical (unpaired) electrons. The molecule has 5 rings (SSSR count). The van der Waals surface area contributed by atoms with Crippen LogP contribution < -0.4 is 29.3 Å². The highest BCUT2D eigenvalue weighted by atomic mass is 19.1. The van der Waals surface area contributed by atoms with Gasteiger partial charge >= 0.3 is 6.09 Å². The minimum atomic E-state index is -0.637. The summed E-state index contributed by atoms with van der Waals surface area (Å²) in [5.74, 6) is 1.80. The van der Waals surface area contributed by atoms with Crippen LogP contribution in [0.4, 0.5) is 32.3 Å². The van der Waals surface area contributed by atoms with Crippen molar-refractivity contribution >= 4 is 29.2 Å². The molecule has 0 bridgehead atoms. The third-order valence-corrected chi connectivity index (χ3v) is 7.80. The number of aryl methyl sites for hydroxylation is 3. The summed E-state index contributed by atoms with van der Waals surface area (Å²) >= 11 is 0. The fourth-order valence-corrected chi connectivity index (χ4v) is 5.46. The zero-order valence-corrected chi connectivity index (χ0v) is 26.6. The van der Waals surface area contributed by atoms with Crippen LogP contribution in [0, 0.1) is 26.6 Å². The Morgan fingerprint density at radius 2 is 1.69 bits per heavy atom. The normalized spacial score (nSPS) is 13.4. The minimum Gasteiger partial charge on any atom is -0.497 e. The largest absolute Gasteiger partial charge is 0.497 e. The SMILES string of the molecule is COc1ccc(OC)c(CN(C(=O)Oc2c(C)cc(C)cc2C)c2ccnc(Nc3ccc(N4CCN(C)CC4)c(F)c3)n2)c1. The Hall–Kier alpha value is -4.90. The summed E-state index contributed by atoms with van der Waals surface area (Å²) < 4.78 is 32.2. The smallest absolute Gasteiger partial charge is 0.421 e. The lowest BCUT2D eigenvalue weighted by molar-refractivity contribution is 0.206. The number of benzene rings is 3. The van der Waals surface area contributed by atoms with Crippen LogP contribution in [0.3, 0.4) is 0 Å². The van der Waals surface area contributed by atoms with Crippen LogP contribution in [0.5, 0.6) is 17.2 Å². The van der Waals surface area contributed by atoms with E-state index in [9.17, 15) is 4.79 Å². The van der Waals surface area contributed by atoms with Gasteiger partial charge in [-0.05, 0) is 81.4 Å². The number of anilines is 4. The van der Waals surface area contributed by atoms with Gasteiger partial charge in [-0.2, -0.15) is 4.98 Å². The van der Waals surface area contributed by atoms with Crippen molar-refractivity contribution in [2.75, 3.05) is 62.6 Å². The molecule has 10 nitrogen and oxygen atoms in total. The molecular weight excluding hydrogens is 575 g/mol. The molecule has 0 aliphatic carbocycles. The molecule has 2 heterocycles. The highest BCUT2D eigenvalue weighted by Crippen LogP contribution is 2.31. The molecule has 1 aromatic heterocycles. The fourth-order valence-electron chi connectivity index (χ4n) is 5.46. The number of likely N-dealkylation sites (N-methyl/N-ethyl adjacent to an activating group) is 1. The van der Waals surface area contributed by atoms with Crippen molar-refractivity contribution in [3.63, 3.8) is 0 Å². The molecule has 0 unspecified atom stereocenters. The van der Waals surface area contributed by atoms with E-state index in [1.165, 1.54) is 17.2 Å². The number of carbonyl (C=O) groups excluding carboxylic acids is 1. The van der Waals surface area contributed by atoms with Gasteiger partial charge in [0.05, 0.1) is 26.5 Å². The third-order valence-electron chi connectivity index (χ3n) is 7.80. The Labute approximate surface area is 263 Å². The molecule has 3 aromatic carbocycles. The standard InChI is InChI=1S/C34H39FN6O4/c1-22-17-23(2)32(24(3)18-22)45-34(42)41(21-25-19-27(43-5)8-10-30(25)44-6)31-11-12-36-33(38-31)37-26-7-9-29(28(35)20-26)40-15-13-39(4)14-16-40/h7-12,17-20H,13-16,21H2,1-6H3,(H,36,37,38). The molecule has 11 heteroatoms. The number of aromatic nitrogens is 2. The highest BCUT2D eigenvalue weighted by Gasteiger charge is 2.24. The van der Waals surface area contributed by atoms with Crippen LogP contribution in [-0.2, 0) is 6.54 Å². The Bertz CT molecular complexity index is 1650. The summed E-state index contributed by atoms with van der Waals surface area (Å²) in [5, 5.41) is 3.08. The molecule has 1 fully saturated rings. The Kier molecular flexibility index (Phi) is 9.68. The summed E-state index contributed by atoms with van der Waals surface area (Å²) in [6.45, 7) is 9.14. The maximum atomic E-state index is 15.2. The number of hydrogen-bond acceptors (Lipinski definition) is 9. The number of nitrogens with one attached hydrogen (secondary N) is 1. The van der Waals surface area contributed by atoms with E-state index in [0.717, 1.165) is 42.9 Å². The topological polar surface area (TPSA) is 92.3 Å². The van der Waals surface area contributed by atoms with E-state index in [2.05, 4.69) is 27.2 Å². The number of hydrogen-bond donors (Lipinski definition) is 1. The van der Waals surface area contributed by atoms with Gasteiger partial charge in [-0.3, -0.25) is 4.90 Å². The van der Waals surface area contributed by atoms with Crippen molar-refractivity contribution in [2.24, 2.45) is 0 Å². The number of rotatable bonds is 9. The van der Waals surface area contributed by atoms with E-state index < -0.39 is 6.09 Å². The molecule has 236 valence electrons. The predicted molar refractivity (Wildman–Crippen MR) is 174 cm³/mol. The van der Waals surface area contributed by atoms with Crippen LogP contribution in [0.25, 0.3) is 0 Å². The summed E-state index contributed by atoms with van der Waals surface area (Å²) in [4.78, 5) is 28.5. The third kappa shape index (κ3) is 7.43. The number of carbonyl (C=O) groups is 1. The first kappa shape index (κ1) is 31.5. The van der Waals surface area contributed by atoms with Crippen molar-refractivity contribution in [1.29, 1.82) is 0 Å². The van der Waals surface area contributed by atoms with Gasteiger partial charge in [-0.25, -0.2) is 14.2 Å². The van der Waals surface area contributed by atoms with Gasteiger partial charge in [-0.1, -0.05) is 17.7 Å². The zero-order chi connectivity index (χ0) is 32.1. The van der Waals surface area contributed by atoms with Crippen molar-refractivity contribution in [2.45, 2.75) is 27.3 Å². The maximum Gasteiger partial charge on any atom is 0.421 e. The molecule has 1 amide bonds. The molecule has 4 aromatic rings. The van der Waals surface area contributed by atoms with Crippen molar-refractivity contribution in [3.8, 4) is 17.2 Å². The van der Waals surface area contributed by atoms with E-state index in [-0.39, 0.29) is 24.1 Å². The Morgan fingerprint density at radius 3 is 2.36 bits per heavy atom. The van der Waals surface area contributed by atoms with E-state index in [4.69, 9.17) is 14.2 Å². The van der Waals surface area contributed by atoms with Crippen LogP contribution in [0.2, 0.25) is 0 Å². The second-order valence-corrected chi connectivity index (χ2v) is 11.2. The second kappa shape index (κ2) is 13.8.